The summed E-state index contributed by atoms with van der Waals surface area (Å²) in [5, 5.41) is 17.5. The van der Waals surface area contributed by atoms with Crippen LogP contribution in [0.4, 0.5) is 0 Å². The summed E-state index contributed by atoms with van der Waals surface area (Å²) in [7, 11) is 0. The van der Waals surface area contributed by atoms with Crippen molar-refractivity contribution in [2.24, 2.45) is 5.92 Å². The number of thiophene rings is 1. The number of aliphatic hydroxyl groups is 1. The summed E-state index contributed by atoms with van der Waals surface area (Å²) in [4.78, 5) is 0. The third kappa shape index (κ3) is 2.19. The highest BCUT2D eigenvalue weighted by Gasteiger charge is 2.24. The Balaban J connectivity index is 2.07. The van der Waals surface area contributed by atoms with Gasteiger partial charge in [0.1, 0.15) is 0 Å². The molecule has 14 heavy (non-hydrogen) atoms. The molecule has 0 aliphatic carbocycles. The zero-order valence-corrected chi connectivity index (χ0v) is 10.3. The molecule has 0 aromatic carbocycles. The molecular formula is C10H14BrNOS. The first kappa shape index (κ1) is 10.6. The molecule has 4 heteroatoms. The second kappa shape index (κ2) is 4.75. The highest BCUT2D eigenvalue weighted by Crippen LogP contribution is 2.33. The minimum Gasteiger partial charge on any atom is -0.388 e. The van der Waals surface area contributed by atoms with Gasteiger partial charge in [-0.3, -0.25) is 0 Å². The normalized spacial score (nSPS) is 24.9. The Bertz CT molecular complexity index is 296. The van der Waals surface area contributed by atoms with Gasteiger partial charge in [-0.05, 0) is 40.7 Å². The molecule has 0 amide bonds. The molecule has 1 aromatic heterocycles. The van der Waals surface area contributed by atoms with Crippen molar-refractivity contribution in [3.8, 4) is 0 Å². The maximum absolute atomic E-state index is 10.2. The lowest BCUT2D eigenvalue weighted by Gasteiger charge is -2.27. The standard InChI is InChI=1S/C10H14BrNOS/c11-9-6-14-5-8(9)10(13)7-2-1-3-12-4-7/h5-7,10,12-13H,1-4H2. The van der Waals surface area contributed by atoms with Gasteiger partial charge in [0.2, 0.25) is 0 Å². The molecule has 1 aliphatic heterocycles. The fraction of sp³-hybridized carbons (Fsp3) is 0.600. The first-order valence-electron chi connectivity index (χ1n) is 4.89. The van der Waals surface area contributed by atoms with Crippen LogP contribution in [0.25, 0.3) is 0 Å². The van der Waals surface area contributed by atoms with Gasteiger partial charge >= 0.3 is 0 Å². The van der Waals surface area contributed by atoms with Crippen LogP contribution in [0, 0.1) is 5.92 Å². The summed E-state index contributed by atoms with van der Waals surface area (Å²) >= 11 is 5.09. The van der Waals surface area contributed by atoms with E-state index in [0.29, 0.717) is 5.92 Å². The van der Waals surface area contributed by atoms with Gasteiger partial charge in [0.15, 0.2) is 0 Å². The minimum absolute atomic E-state index is 0.316. The number of nitrogens with one attached hydrogen (secondary N) is 1. The van der Waals surface area contributed by atoms with Crippen molar-refractivity contribution in [3.05, 3.63) is 20.8 Å². The average molecular weight is 276 g/mol. The van der Waals surface area contributed by atoms with E-state index in [0.717, 1.165) is 29.5 Å². The van der Waals surface area contributed by atoms with Gasteiger partial charge in [-0.15, -0.1) is 0 Å². The van der Waals surface area contributed by atoms with E-state index in [2.05, 4.69) is 21.2 Å². The van der Waals surface area contributed by atoms with Crippen LogP contribution in [0.15, 0.2) is 15.2 Å². The summed E-state index contributed by atoms with van der Waals surface area (Å²) in [6, 6.07) is 0. The number of aliphatic hydroxyl groups excluding tert-OH is 1. The molecule has 2 N–H and O–H groups in total. The predicted octanol–water partition coefficient (Wildman–Crippen LogP) is 2.54. The highest BCUT2D eigenvalue weighted by atomic mass is 79.9. The Morgan fingerprint density at radius 1 is 1.57 bits per heavy atom. The van der Waals surface area contributed by atoms with Crippen molar-refractivity contribution in [1.29, 1.82) is 0 Å². The van der Waals surface area contributed by atoms with Gasteiger partial charge in [0.05, 0.1) is 6.10 Å². The Kier molecular flexibility index (Phi) is 3.60. The Morgan fingerprint density at radius 2 is 2.43 bits per heavy atom. The van der Waals surface area contributed by atoms with E-state index in [1.807, 2.05) is 10.8 Å². The van der Waals surface area contributed by atoms with Crippen LogP contribution in [0.3, 0.4) is 0 Å². The number of piperidine rings is 1. The number of rotatable bonds is 2. The molecule has 1 fully saturated rings. The van der Waals surface area contributed by atoms with E-state index in [1.54, 1.807) is 11.3 Å². The minimum atomic E-state index is -0.316. The second-order valence-electron chi connectivity index (χ2n) is 3.73. The van der Waals surface area contributed by atoms with Crippen LogP contribution >= 0.6 is 27.3 Å². The summed E-state index contributed by atoms with van der Waals surface area (Å²) in [6.07, 6.45) is 1.98. The molecule has 1 aromatic rings. The average Bonchev–Trinajstić information content (AvgIpc) is 2.65. The van der Waals surface area contributed by atoms with Gasteiger partial charge in [-0.1, -0.05) is 0 Å². The second-order valence-corrected chi connectivity index (χ2v) is 5.32. The topological polar surface area (TPSA) is 32.3 Å². The molecule has 1 aliphatic rings. The summed E-state index contributed by atoms with van der Waals surface area (Å²) in [5.41, 5.74) is 1.05. The fourth-order valence-electron chi connectivity index (χ4n) is 1.90. The van der Waals surface area contributed by atoms with Crippen molar-refractivity contribution in [2.45, 2.75) is 18.9 Å². The molecule has 78 valence electrons. The molecule has 2 unspecified atom stereocenters. The van der Waals surface area contributed by atoms with Crippen LogP contribution < -0.4 is 5.32 Å². The molecule has 2 nitrogen and oxygen atoms in total. The Morgan fingerprint density at radius 3 is 3.00 bits per heavy atom. The zero-order chi connectivity index (χ0) is 9.97. The van der Waals surface area contributed by atoms with Crippen LogP contribution in [-0.2, 0) is 0 Å². The number of hydrogen-bond donors (Lipinski definition) is 2. The van der Waals surface area contributed by atoms with Crippen molar-refractivity contribution in [1.82, 2.24) is 5.32 Å². The van der Waals surface area contributed by atoms with Gasteiger partial charge in [-0.25, -0.2) is 0 Å². The molecule has 2 rings (SSSR count). The third-order valence-electron chi connectivity index (χ3n) is 2.74. The Hall–Kier alpha value is 0.1000. The van der Waals surface area contributed by atoms with Gasteiger partial charge in [0.25, 0.3) is 0 Å². The molecule has 0 radical (unpaired) electrons. The lowest BCUT2D eigenvalue weighted by atomic mass is 9.91. The molecule has 0 saturated carbocycles. The van der Waals surface area contributed by atoms with E-state index in [1.165, 1.54) is 6.42 Å². The maximum Gasteiger partial charge on any atom is 0.0849 e. The van der Waals surface area contributed by atoms with E-state index in [4.69, 9.17) is 0 Å². The first-order chi connectivity index (χ1) is 6.79. The predicted molar refractivity (Wildman–Crippen MR) is 62.6 cm³/mol. The fourth-order valence-corrected chi connectivity index (χ4v) is 3.47. The van der Waals surface area contributed by atoms with Crippen molar-refractivity contribution in [3.63, 3.8) is 0 Å². The van der Waals surface area contributed by atoms with Crippen molar-refractivity contribution in [2.75, 3.05) is 13.1 Å². The highest BCUT2D eigenvalue weighted by molar-refractivity contribution is 9.10. The Labute approximate surface area is 96.5 Å². The van der Waals surface area contributed by atoms with Crippen LogP contribution in [0.5, 0.6) is 0 Å². The van der Waals surface area contributed by atoms with E-state index >= 15 is 0 Å². The molecule has 0 spiro atoms. The van der Waals surface area contributed by atoms with Crippen LogP contribution in [0.1, 0.15) is 24.5 Å². The number of hydrogen-bond acceptors (Lipinski definition) is 3. The summed E-state index contributed by atoms with van der Waals surface area (Å²) < 4.78 is 1.04. The summed E-state index contributed by atoms with van der Waals surface area (Å²) in [6.45, 7) is 2.03. The molecule has 2 atom stereocenters. The van der Waals surface area contributed by atoms with E-state index in [-0.39, 0.29) is 6.10 Å². The van der Waals surface area contributed by atoms with Crippen LogP contribution in [0.2, 0.25) is 0 Å². The van der Waals surface area contributed by atoms with Crippen LogP contribution in [-0.4, -0.2) is 18.2 Å². The summed E-state index contributed by atoms with van der Waals surface area (Å²) in [5.74, 6) is 0.370. The van der Waals surface area contributed by atoms with E-state index in [9.17, 15) is 5.11 Å². The monoisotopic (exact) mass is 275 g/mol. The zero-order valence-electron chi connectivity index (χ0n) is 7.87. The number of halogens is 1. The molecule has 1 saturated heterocycles. The van der Waals surface area contributed by atoms with Crippen molar-refractivity contribution >= 4 is 27.3 Å². The largest absolute Gasteiger partial charge is 0.388 e. The lowest BCUT2D eigenvalue weighted by molar-refractivity contribution is 0.0920. The van der Waals surface area contributed by atoms with E-state index < -0.39 is 0 Å². The third-order valence-corrected chi connectivity index (χ3v) is 4.49. The molecule has 2 heterocycles. The molecular weight excluding hydrogens is 262 g/mol. The quantitative estimate of drug-likeness (QED) is 0.870. The smallest absolute Gasteiger partial charge is 0.0849 e. The maximum atomic E-state index is 10.2. The van der Waals surface area contributed by atoms with Gasteiger partial charge in [-0.2, -0.15) is 11.3 Å². The van der Waals surface area contributed by atoms with Crippen molar-refractivity contribution < 1.29 is 5.11 Å². The SMILES string of the molecule is OC(c1cscc1Br)C1CCCNC1. The first-order valence-corrected chi connectivity index (χ1v) is 6.63. The van der Waals surface area contributed by atoms with Gasteiger partial charge < -0.3 is 10.4 Å². The van der Waals surface area contributed by atoms with Gasteiger partial charge in [0, 0.05) is 27.9 Å². The molecule has 0 bridgehead atoms. The lowest BCUT2D eigenvalue weighted by Crippen LogP contribution is -2.33.